The van der Waals surface area contributed by atoms with Crippen LogP contribution in [-0.2, 0) is 16.3 Å². The smallest absolute Gasteiger partial charge is 0.390 e. The van der Waals surface area contributed by atoms with Crippen molar-refractivity contribution in [1.29, 1.82) is 0 Å². The van der Waals surface area contributed by atoms with Crippen molar-refractivity contribution in [2.24, 2.45) is 0 Å². The molecule has 238 valence electrons. The largest absolute Gasteiger partial charge is 0.508 e. The average molecular weight is 628 g/mol. The summed E-state index contributed by atoms with van der Waals surface area (Å²) in [4.78, 5) is 2.38. The SMILES string of the molecule is O=S(=O)(CCCC1CCCN1CCCCCCC1=C(c2ccc(F)cc2F)CCCc2cc(O)ccc21)CCC(F)(F)F. The summed E-state index contributed by atoms with van der Waals surface area (Å²) >= 11 is 0. The number of halogens is 5. The van der Waals surface area contributed by atoms with Crippen molar-refractivity contribution in [3.63, 3.8) is 0 Å². The van der Waals surface area contributed by atoms with E-state index in [9.17, 15) is 35.5 Å². The number of nitrogens with zero attached hydrogens (tertiary/aromatic N) is 1. The van der Waals surface area contributed by atoms with Gasteiger partial charge in [-0.2, -0.15) is 13.2 Å². The number of phenols is 1. The predicted octanol–water partition coefficient (Wildman–Crippen LogP) is 8.48. The van der Waals surface area contributed by atoms with Crippen LogP contribution in [0.1, 0.15) is 93.7 Å². The van der Waals surface area contributed by atoms with Crippen molar-refractivity contribution in [3.8, 4) is 5.75 Å². The lowest BCUT2D eigenvalue weighted by molar-refractivity contribution is -0.129. The van der Waals surface area contributed by atoms with E-state index >= 15 is 0 Å². The predicted molar refractivity (Wildman–Crippen MR) is 160 cm³/mol. The number of allylic oxidation sites excluding steroid dienone is 2. The molecule has 1 saturated heterocycles. The number of hydrogen-bond donors (Lipinski definition) is 1. The maximum atomic E-state index is 14.9. The number of aromatic hydroxyl groups is 1. The van der Waals surface area contributed by atoms with Gasteiger partial charge in [0.15, 0.2) is 9.84 Å². The molecular weight excluding hydrogens is 585 g/mol. The van der Waals surface area contributed by atoms with Gasteiger partial charge in [-0.1, -0.05) is 18.9 Å². The quantitative estimate of drug-likeness (QED) is 0.169. The van der Waals surface area contributed by atoms with Gasteiger partial charge < -0.3 is 10.0 Å². The molecule has 0 radical (unpaired) electrons. The van der Waals surface area contributed by atoms with E-state index in [1.54, 1.807) is 12.1 Å². The zero-order valence-electron chi connectivity index (χ0n) is 24.6. The fourth-order valence-electron chi connectivity index (χ4n) is 6.57. The van der Waals surface area contributed by atoms with Crippen molar-refractivity contribution in [1.82, 2.24) is 4.90 Å². The minimum atomic E-state index is -4.46. The van der Waals surface area contributed by atoms with Gasteiger partial charge in [0.25, 0.3) is 0 Å². The number of alkyl halides is 3. The van der Waals surface area contributed by atoms with Crippen LogP contribution in [0.25, 0.3) is 11.1 Å². The van der Waals surface area contributed by atoms with Crippen LogP contribution in [0.5, 0.6) is 5.75 Å². The van der Waals surface area contributed by atoms with Gasteiger partial charge in [0, 0.05) is 17.7 Å². The van der Waals surface area contributed by atoms with Gasteiger partial charge in [-0.05, 0) is 124 Å². The molecule has 1 fully saturated rings. The van der Waals surface area contributed by atoms with Crippen LogP contribution in [0.2, 0.25) is 0 Å². The summed E-state index contributed by atoms with van der Waals surface area (Å²) < 4.78 is 89.7. The van der Waals surface area contributed by atoms with E-state index in [0.29, 0.717) is 24.8 Å². The van der Waals surface area contributed by atoms with Gasteiger partial charge in [0.2, 0.25) is 0 Å². The van der Waals surface area contributed by atoms with Gasteiger partial charge in [-0.25, -0.2) is 17.2 Å². The van der Waals surface area contributed by atoms with Crippen molar-refractivity contribution < 1.29 is 35.5 Å². The fourth-order valence-corrected chi connectivity index (χ4v) is 7.92. The van der Waals surface area contributed by atoms with E-state index in [0.717, 1.165) is 99.2 Å². The molecule has 1 aliphatic carbocycles. The third-order valence-corrected chi connectivity index (χ3v) is 10.5. The molecule has 4 rings (SSSR count). The lowest BCUT2D eigenvalue weighted by Gasteiger charge is -2.24. The summed E-state index contributed by atoms with van der Waals surface area (Å²) in [5.74, 6) is -1.99. The van der Waals surface area contributed by atoms with Crippen molar-refractivity contribution in [2.45, 2.75) is 95.7 Å². The summed E-state index contributed by atoms with van der Waals surface area (Å²) in [5.41, 5.74) is 4.46. The first-order valence-corrected chi connectivity index (χ1v) is 17.2. The Morgan fingerprint density at radius 3 is 2.42 bits per heavy atom. The second-order valence-electron chi connectivity index (χ2n) is 11.9. The Balaban J connectivity index is 1.28. The molecule has 1 heterocycles. The number of sulfone groups is 1. The lowest BCUT2D eigenvalue weighted by atomic mass is 9.88. The summed E-state index contributed by atoms with van der Waals surface area (Å²) in [5, 5.41) is 10.1. The van der Waals surface area contributed by atoms with Gasteiger partial charge >= 0.3 is 6.18 Å². The molecule has 1 aliphatic heterocycles. The summed E-state index contributed by atoms with van der Waals surface area (Å²) in [7, 11) is -3.70. The molecule has 43 heavy (non-hydrogen) atoms. The first-order valence-electron chi connectivity index (χ1n) is 15.4. The molecule has 2 aliphatic rings. The van der Waals surface area contributed by atoms with Crippen LogP contribution in [0.15, 0.2) is 36.4 Å². The Morgan fingerprint density at radius 2 is 1.65 bits per heavy atom. The highest BCUT2D eigenvalue weighted by molar-refractivity contribution is 7.91. The number of hydrogen-bond acceptors (Lipinski definition) is 4. The lowest BCUT2D eigenvalue weighted by Crippen LogP contribution is -2.31. The molecular formula is C33H42F5NO3S. The molecule has 2 aromatic carbocycles. The van der Waals surface area contributed by atoms with E-state index in [1.165, 1.54) is 12.1 Å². The van der Waals surface area contributed by atoms with E-state index in [-0.39, 0.29) is 17.5 Å². The number of benzene rings is 2. The number of likely N-dealkylation sites (tertiary alicyclic amines) is 1. The van der Waals surface area contributed by atoms with Crippen LogP contribution >= 0.6 is 0 Å². The molecule has 4 nitrogen and oxygen atoms in total. The second-order valence-corrected chi connectivity index (χ2v) is 14.2. The second kappa shape index (κ2) is 15.0. The van der Waals surface area contributed by atoms with Crippen LogP contribution in [0, 0.1) is 11.6 Å². The number of rotatable bonds is 14. The van der Waals surface area contributed by atoms with Crippen molar-refractivity contribution >= 4 is 21.0 Å². The number of aryl methyl sites for hydroxylation is 1. The monoisotopic (exact) mass is 627 g/mol. The van der Waals surface area contributed by atoms with Crippen molar-refractivity contribution in [2.75, 3.05) is 24.6 Å². The molecule has 1 unspecified atom stereocenters. The van der Waals surface area contributed by atoms with E-state index in [1.807, 2.05) is 6.07 Å². The highest BCUT2D eigenvalue weighted by atomic mass is 32.2. The topological polar surface area (TPSA) is 57.6 Å². The fraction of sp³-hybridized carbons (Fsp3) is 0.576. The van der Waals surface area contributed by atoms with Gasteiger partial charge in [0.05, 0.1) is 17.9 Å². The highest BCUT2D eigenvalue weighted by Crippen LogP contribution is 2.40. The standard InChI is InChI=1S/C33H42F5NO3S/c34-25-13-15-31(32(35)23-25)30-12-5-8-24-22-27(40)14-16-28(24)29(30)11-3-1-2-4-18-39-19-6-9-26(39)10-7-20-43(41,42)21-17-33(36,37)38/h13-16,22-23,26,40H,1-12,17-21H2. The van der Waals surface area contributed by atoms with Crippen LogP contribution < -0.4 is 0 Å². The molecule has 0 amide bonds. The van der Waals surface area contributed by atoms with E-state index in [2.05, 4.69) is 4.90 Å². The molecule has 0 saturated carbocycles. The van der Waals surface area contributed by atoms with E-state index < -0.39 is 39.8 Å². The molecule has 0 spiro atoms. The molecule has 0 aromatic heterocycles. The minimum Gasteiger partial charge on any atom is -0.508 e. The first kappa shape index (κ1) is 33.4. The Morgan fingerprint density at radius 1 is 0.884 bits per heavy atom. The van der Waals surface area contributed by atoms with Crippen LogP contribution in [0.4, 0.5) is 22.0 Å². The number of unbranched alkanes of at least 4 members (excludes halogenated alkanes) is 3. The normalized spacial score (nSPS) is 18.2. The highest BCUT2D eigenvalue weighted by Gasteiger charge is 2.30. The first-order chi connectivity index (χ1) is 20.4. The maximum absolute atomic E-state index is 14.9. The summed E-state index contributed by atoms with van der Waals surface area (Å²) in [6, 6.07) is 9.37. The maximum Gasteiger partial charge on any atom is 0.390 e. The third kappa shape index (κ3) is 10.0. The number of fused-ring (bicyclic) bond motifs is 1. The molecule has 1 atom stereocenters. The Labute approximate surface area is 251 Å². The molecule has 0 bridgehead atoms. The summed E-state index contributed by atoms with van der Waals surface area (Å²) in [6.07, 6.45) is 4.21. The van der Waals surface area contributed by atoms with Gasteiger partial charge in [-0.3, -0.25) is 0 Å². The average Bonchev–Trinajstić information content (AvgIpc) is 3.30. The Bertz CT molecular complexity index is 1370. The van der Waals surface area contributed by atoms with E-state index in [4.69, 9.17) is 0 Å². The zero-order valence-corrected chi connectivity index (χ0v) is 25.4. The molecule has 10 heteroatoms. The van der Waals surface area contributed by atoms with Crippen molar-refractivity contribution in [3.05, 3.63) is 64.7 Å². The molecule has 2 aromatic rings. The minimum absolute atomic E-state index is 0.199. The number of phenolic OH excluding ortho intramolecular Hbond substituents is 1. The molecule has 1 N–H and O–H groups in total. The summed E-state index contributed by atoms with van der Waals surface area (Å²) in [6.45, 7) is 1.86. The van der Waals surface area contributed by atoms with Gasteiger partial charge in [0.1, 0.15) is 17.4 Å². The third-order valence-electron chi connectivity index (χ3n) is 8.72. The van der Waals surface area contributed by atoms with Gasteiger partial charge in [-0.15, -0.1) is 0 Å². The van der Waals surface area contributed by atoms with Crippen LogP contribution in [-0.4, -0.2) is 55.2 Å². The van der Waals surface area contributed by atoms with Crippen LogP contribution in [0.3, 0.4) is 0 Å². The zero-order chi connectivity index (χ0) is 31.0. The Kier molecular flexibility index (Phi) is 11.7. The Hall–Kier alpha value is -2.46.